The number of hydrogen-bond donors (Lipinski definition) is 1. The van der Waals surface area contributed by atoms with Crippen LogP contribution in [0.15, 0.2) is 66.1 Å². The van der Waals surface area contributed by atoms with Crippen molar-refractivity contribution < 1.29 is 18.0 Å². The van der Waals surface area contributed by atoms with Crippen LogP contribution in [0.25, 0.3) is 0 Å². The quantitative estimate of drug-likeness (QED) is 0.518. The van der Waals surface area contributed by atoms with E-state index in [1.807, 2.05) is 0 Å². The van der Waals surface area contributed by atoms with Crippen molar-refractivity contribution in [3.05, 3.63) is 82.1 Å². The summed E-state index contributed by atoms with van der Waals surface area (Å²) in [5.74, 6) is 0.359. The predicted octanol–water partition coefficient (Wildman–Crippen LogP) is 6.11. The molecule has 0 radical (unpaired) electrons. The molecule has 2 heterocycles. The van der Waals surface area contributed by atoms with E-state index in [4.69, 9.17) is 28.0 Å². The number of oxime groups is 1. The molecular formula is C20H13Cl2F3N4O. The summed E-state index contributed by atoms with van der Waals surface area (Å²) in [6, 6.07) is 12.1. The van der Waals surface area contributed by atoms with Crippen molar-refractivity contribution in [2.75, 3.05) is 5.32 Å². The van der Waals surface area contributed by atoms with Gasteiger partial charge in [0, 0.05) is 45.7 Å². The Labute approximate surface area is 179 Å². The Kier molecular flexibility index (Phi) is 5.29. The van der Waals surface area contributed by atoms with Crippen molar-refractivity contribution >= 4 is 40.5 Å². The molecule has 0 aliphatic carbocycles. The van der Waals surface area contributed by atoms with E-state index in [0.717, 1.165) is 0 Å². The van der Waals surface area contributed by atoms with Crippen LogP contribution in [0.4, 0.5) is 24.8 Å². The van der Waals surface area contributed by atoms with E-state index in [2.05, 4.69) is 20.4 Å². The first-order valence-corrected chi connectivity index (χ1v) is 9.45. The molecule has 1 atom stereocenters. The monoisotopic (exact) mass is 452 g/mol. The molecule has 5 nitrogen and oxygen atoms in total. The van der Waals surface area contributed by atoms with Crippen molar-refractivity contribution in [1.82, 2.24) is 9.97 Å². The lowest BCUT2D eigenvalue weighted by molar-refractivity contribution is -0.275. The van der Waals surface area contributed by atoms with Crippen molar-refractivity contribution in [3.8, 4) is 0 Å². The molecule has 10 heteroatoms. The molecule has 3 aromatic rings. The maximum absolute atomic E-state index is 14.1. The lowest BCUT2D eigenvalue weighted by atomic mass is 9.86. The predicted molar refractivity (Wildman–Crippen MR) is 108 cm³/mol. The number of alkyl halides is 3. The summed E-state index contributed by atoms with van der Waals surface area (Å²) in [6.45, 7) is 0. The largest absolute Gasteiger partial charge is 0.435 e. The van der Waals surface area contributed by atoms with Crippen LogP contribution in [-0.2, 0) is 10.4 Å². The summed E-state index contributed by atoms with van der Waals surface area (Å²) in [5.41, 5.74) is -1.69. The second kappa shape index (κ2) is 7.77. The topological polar surface area (TPSA) is 59.4 Å². The van der Waals surface area contributed by atoms with E-state index in [9.17, 15) is 13.2 Å². The summed E-state index contributed by atoms with van der Waals surface area (Å²) in [4.78, 5) is 13.2. The Morgan fingerprint density at radius 2 is 1.67 bits per heavy atom. The highest BCUT2D eigenvalue weighted by atomic mass is 35.5. The van der Waals surface area contributed by atoms with Crippen LogP contribution in [0.1, 0.15) is 17.5 Å². The molecule has 0 saturated carbocycles. The zero-order chi connectivity index (χ0) is 21.4. The van der Waals surface area contributed by atoms with Crippen LogP contribution >= 0.6 is 23.2 Å². The first-order valence-electron chi connectivity index (χ1n) is 8.70. The molecule has 1 aromatic heterocycles. The minimum atomic E-state index is -4.75. The number of anilines is 2. The highest BCUT2D eigenvalue weighted by Gasteiger charge is 2.62. The zero-order valence-electron chi connectivity index (χ0n) is 15.1. The average Bonchev–Trinajstić information content (AvgIpc) is 3.15. The van der Waals surface area contributed by atoms with Gasteiger partial charge in [0.05, 0.1) is 5.71 Å². The summed E-state index contributed by atoms with van der Waals surface area (Å²) >= 11 is 11.9. The SMILES string of the molecule is FC(F)(F)C1(c2cc(Cl)cc(Cl)c2)CC(c2cccc(Nc3ncccn3)c2)=NO1. The third-order valence-electron chi connectivity index (χ3n) is 4.53. The normalized spacial score (nSPS) is 18.6. The van der Waals surface area contributed by atoms with Crippen LogP contribution < -0.4 is 5.32 Å². The molecule has 1 unspecified atom stereocenters. The van der Waals surface area contributed by atoms with Crippen molar-refractivity contribution in [3.63, 3.8) is 0 Å². The Morgan fingerprint density at radius 1 is 0.967 bits per heavy atom. The number of hydrogen-bond acceptors (Lipinski definition) is 5. The molecule has 1 aliphatic heterocycles. The highest BCUT2D eigenvalue weighted by Crippen LogP contribution is 2.49. The van der Waals surface area contributed by atoms with Gasteiger partial charge in [-0.3, -0.25) is 0 Å². The third kappa shape index (κ3) is 3.93. The van der Waals surface area contributed by atoms with Gasteiger partial charge in [-0.05, 0) is 36.4 Å². The third-order valence-corrected chi connectivity index (χ3v) is 4.97. The lowest BCUT2D eigenvalue weighted by Gasteiger charge is -2.29. The second-order valence-electron chi connectivity index (χ2n) is 6.57. The molecule has 4 rings (SSSR count). The first kappa shape index (κ1) is 20.4. The molecule has 0 bridgehead atoms. The fourth-order valence-electron chi connectivity index (χ4n) is 3.11. The Bertz CT molecular complexity index is 1090. The van der Waals surface area contributed by atoms with E-state index >= 15 is 0 Å². The first-order chi connectivity index (χ1) is 14.3. The van der Waals surface area contributed by atoms with Gasteiger partial charge in [-0.15, -0.1) is 0 Å². The summed E-state index contributed by atoms with van der Waals surface area (Å²) < 4.78 is 42.3. The van der Waals surface area contributed by atoms with Gasteiger partial charge >= 0.3 is 6.18 Å². The van der Waals surface area contributed by atoms with Gasteiger partial charge in [0.1, 0.15) is 0 Å². The van der Waals surface area contributed by atoms with E-state index in [0.29, 0.717) is 17.2 Å². The van der Waals surface area contributed by atoms with Gasteiger partial charge < -0.3 is 10.2 Å². The average molecular weight is 453 g/mol. The fraction of sp³-hybridized carbons (Fsp3) is 0.150. The molecule has 0 saturated heterocycles. The molecule has 1 N–H and O–H groups in total. The van der Waals surface area contributed by atoms with Crippen molar-refractivity contribution in [2.45, 2.75) is 18.2 Å². The second-order valence-corrected chi connectivity index (χ2v) is 7.44. The van der Waals surface area contributed by atoms with Crippen LogP contribution in [0.3, 0.4) is 0 Å². The molecule has 30 heavy (non-hydrogen) atoms. The smallest absolute Gasteiger partial charge is 0.374 e. The maximum atomic E-state index is 14.1. The van der Waals surface area contributed by atoms with E-state index in [-0.39, 0.29) is 21.3 Å². The molecule has 1 aliphatic rings. The number of aromatic nitrogens is 2. The van der Waals surface area contributed by atoms with E-state index in [1.54, 1.807) is 42.7 Å². The van der Waals surface area contributed by atoms with Crippen LogP contribution in [0.2, 0.25) is 10.0 Å². The van der Waals surface area contributed by atoms with E-state index < -0.39 is 18.2 Å². The van der Waals surface area contributed by atoms with Gasteiger partial charge in [-0.25, -0.2) is 9.97 Å². The molecule has 154 valence electrons. The molecule has 0 spiro atoms. The van der Waals surface area contributed by atoms with Gasteiger partial charge in [-0.2, -0.15) is 13.2 Å². The highest BCUT2D eigenvalue weighted by molar-refractivity contribution is 6.34. The summed E-state index contributed by atoms with van der Waals surface area (Å²) in [7, 11) is 0. The minimum absolute atomic E-state index is 0.0761. The number of benzene rings is 2. The summed E-state index contributed by atoms with van der Waals surface area (Å²) in [6.07, 6.45) is -2.14. The van der Waals surface area contributed by atoms with Crippen LogP contribution in [0, 0.1) is 0 Å². The number of rotatable bonds is 4. The molecule has 0 fully saturated rings. The van der Waals surface area contributed by atoms with E-state index in [1.165, 1.54) is 18.2 Å². The van der Waals surface area contributed by atoms with Crippen LogP contribution in [0.5, 0.6) is 0 Å². The molecular weight excluding hydrogens is 440 g/mol. The Balaban J connectivity index is 1.65. The van der Waals surface area contributed by atoms with Crippen molar-refractivity contribution in [2.24, 2.45) is 5.16 Å². The minimum Gasteiger partial charge on any atom is -0.374 e. The standard InChI is InChI=1S/C20H13Cl2F3N4O/c21-14-8-13(9-15(22)10-14)19(20(23,24)25)11-17(29-30-19)12-3-1-4-16(7-12)28-18-26-5-2-6-27-18/h1-10H,11H2,(H,26,27,28). The van der Waals surface area contributed by atoms with Gasteiger partial charge in [-0.1, -0.05) is 40.5 Å². The van der Waals surface area contributed by atoms with Crippen molar-refractivity contribution in [1.29, 1.82) is 0 Å². The summed E-state index contributed by atoms with van der Waals surface area (Å²) in [5, 5.41) is 6.90. The maximum Gasteiger partial charge on any atom is 0.435 e. The zero-order valence-corrected chi connectivity index (χ0v) is 16.6. The Hall–Kier alpha value is -2.84. The fourth-order valence-corrected chi connectivity index (χ4v) is 3.64. The van der Waals surface area contributed by atoms with Crippen LogP contribution in [-0.4, -0.2) is 21.9 Å². The van der Waals surface area contributed by atoms with Gasteiger partial charge in [0.15, 0.2) is 0 Å². The molecule has 2 aromatic carbocycles. The molecule has 0 amide bonds. The van der Waals surface area contributed by atoms with Gasteiger partial charge in [0.25, 0.3) is 5.60 Å². The van der Waals surface area contributed by atoms with Gasteiger partial charge in [0.2, 0.25) is 5.95 Å². The lowest BCUT2D eigenvalue weighted by Crippen LogP contribution is -2.42. The number of nitrogens with zero attached hydrogens (tertiary/aromatic N) is 3. The Morgan fingerprint density at radius 3 is 2.33 bits per heavy atom. The number of nitrogens with one attached hydrogen (secondary N) is 1. The number of halogens is 5.